The summed E-state index contributed by atoms with van der Waals surface area (Å²) in [7, 11) is 0. The van der Waals surface area contributed by atoms with Crippen molar-refractivity contribution in [1.82, 2.24) is 0 Å². The van der Waals surface area contributed by atoms with Crippen LogP contribution in [-0.4, -0.2) is 22.2 Å². The Hall–Kier alpha value is -2.24. The first-order valence-electron chi connectivity index (χ1n) is 4.52. The lowest BCUT2D eigenvalue weighted by atomic mass is 10.1. The molecule has 0 aliphatic carbocycles. The summed E-state index contributed by atoms with van der Waals surface area (Å²) < 4.78 is 25.7. The van der Waals surface area contributed by atoms with Crippen LogP contribution in [0, 0.1) is 11.6 Å². The van der Waals surface area contributed by atoms with E-state index in [2.05, 4.69) is 0 Å². The zero-order chi connectivity index (χ0) is 13.0. The van der Waals surface area contributed by atoms with Gasteiger partial charge in [-0.05, 0) is 17.7 Å². The molecule has 0 atom stereocenters. The van der Waals surface area contributed by atoms with Gasteiger partial charge in [-0.1, -0.05) is 12.2 Å². The lowest BCUT2D eigenvalue weighted by Gasteiger charge is -2.02. The number of rotatable bonds is 4. The Balaban J connectivity index is 3.13. The molecule has 0 saturated carbocycles. The van der Waals surface area contributed by atoms with E-state index >= 15 is 0 Å². The SMILES string of the molecule is O=C(O)CC=Cc1cc(F)c(F)cc1C(=O)O. The van der Waals surface area contributed by atoms with Gasteiger partial charge in [-0.3, -0.25) is 4.79 Å². The number of carboxylic acid groups (broad SMARTS) is 2. The number of hydrogen-bond donors (Lipinski definition) is 2. The van der Waals surface area contributed by atoms with Crippen LogP contribution in [0.2, 0.25) is 0 Å². The first-order valence-corrected chi connectivity index (χ1v) is 4.52. The number of aliphatic carboxylic acids is 1. The molecule has 1 rings (SSSR count). The third-order valence-electron chi connectivity index (χ3n) is 1.91. The number of carboxylic acids is 2. The first kappa shape index (κ1) is 12.8. The second-order valence-electron chi connectivity index (χ2n) is 3.16. The summed E-state index contributed by atoms with van der Waals surface area (Å²) in [5.74, 6) is -4.98. The first-order chi connectivity index (χ1) is 7.91. The number of halogens is 2. The number of benzene rings is 1. The molecule has 0 amide bonds. The maximum Gasteiger partial charge on any atom is 0.336 e. The molecule has 0 unspecified atom stereocenters. The van der Waals surface area contributed by atoms with Crippen molar-refractivity contribution >= 4 is 18.0 Å². The highest BCUT2D eigenvalue weighted by Gasteiger charge is 2.13. The van der Waals surface area contributed by atoms with Crippen LogP contribution in [0.25, 0.3) is 6.08 Å². The van der Waals surface area contributed by atoms with E-state index in [0.29, 0.717) is 12.1 Å². The van der Waals surface area contributed by atoms with Gasteiger partial charge in [-0.15, -0.1) is 0 Å². The topological polar surface area (TPSA) is 74.6 Å². The lowest BCUT2D eigenvalue weighted by molar-refractivity contribution is -0.135. The summed E-state index contributed by atoms with van der Waals surface area (Å²) >= 11 is 0. The smallest absolute Gasteiger partial charge is 0.336 e. The molecule has 4 nitrogen and oxygen atoms in total. The van der Waals surface area contributed by atoms with Crippen LogP contribution in [-0.2, 0) is 4.79 Å². The molecule has 0 aliphatic heterocycles. The highest BCUT2D eigenvalue weighted by molar-refractivity contribution is 5.92. The zero-order valence-corrected chi connectivity index (χ0v) is 8.48. The van der Waals surface area contributed by atoms with Crippen LogP contribution in [0.4, 0.5) is 8.78 Å². The molecular formula is C11H8F2O4. The van der Waals surface area contributed by atoms with E-state index in [4.69, 9.17) is 10.2 Å². The lowest BCUT2D eigenvalue weighted by Crippen LogP contribution is -2.02. The molecular weight excluding hydrogens is 234 g/mol. The quantitative estimate of drug-likeness (QED) is 0.848. The maximum absolute atomic E-state index is 12.9. The molecule has 0 aliphatic rings. The molecule has 2 N–H and O–H groups in total. The van der Waals surface area contributed by atoms with Crippen LogP contribution >= 0.6 is 0 Å². The molecule has 0 spiro atoms. The largest absolute Gasteiger partial charge is 0.481 e. The van der Waals surface area contributed by atoms with E-state index in [1.54, 1.807) is 0 Å². The molecule has 90 valence electrons. The zero-order valence-electron chi connectivity index (χ0n) is 8.48. The van der Waals surface area contributed by atoms with Crippen molar-refractivity contribution in [2.75, 3.05) is 0 Å². The summed E-state index contributed by atoms with van der Waals surface area (Å²) in [4.78, 5) is 21.0. The predicted molar refractivity (Wildman–Crippen MR) is 54.6 cm³/mol. The average molecular weight is 242 g/mol. The van der Waals surface area contributed by atoms with Crippen molar-refractivity contribution in [2.45, 2.75) is 6.42 Å². The minimum Gasteiger partial charge on any atom is -0.481 e. The minimum absolute atomic E-state index is 0.0855. The maximum atomic E-state index is 12.9. The van der Waals surface area contributed by atoms with Crippen LogP contribution in [0.5, 0.6) is 0 Å². The molecule has 0 aromatic heterocycles. The van der Waals surface area contributed by atoms with Crippen molar-refractivity contribution in [3.8, 4) is 0 Å². The van der Waals surface area contributed by atoms with Crippen LogP contribution in [0.1, 0.15) is 22.3 Å². The predicted octanol–water partition coefficient (Wildman–Crippen LogP) is 2.15. The summed E-state index contributed by atoms with van der Waals surface area (Å²) in [5.41, 5.74) is -0.511. The summed E-state index contributed by atoms with van der Waals surface area (Å²) in [6.07, 6.45) is 1.94. The van der Waals surface area contributed by atoms with E-state index in [9.17, 15) is 18.4 Å². The Morgan fingerprint density at radius 2 is 1.76 bits per heavy atom. The highest BCUT2D eigenvalue weighted by atomic mass is 19.2. The van der Waals surface area contributed by atoms with Gasteiger partial charge in [0.05, 0.1) is 12.0 Å². The van der Waals surface area contributed by atoms with Gasteiger partial charge in [0.1, 0.15) is 0 Å². The van der Waals surface area contributed by atoms with E-state index < -0.39 is 29.1 Å². The van der Waals surface area contributed by atoms with Gasteiger partial charge in [0.2, 0.25) is 0 Å². The Kier molecular flexibility index (Phi) is 3.92. The van der Waals surface area contributed by atoms with Crippen LogP contribution < -0.4 is 0 Å². The van der Waals surface area contributed by atoms with Gasteiger partial charge in [0.15, 0.2) is 11.6 Å². The van der Waals surface area contributed by atoms with Gasteiger partial charge in [0, 0.05) is 0 Å². The molecule has 0 radical (unpaired) electrons. The number of aromatic carboxylic acids is 1. The van der Waals surface area contributed by atoms with Crippen molar-refractivity contribution < 1.29 is 28.6 Å². The van der Waals surface area contributed by atoms with Gasteiger partial charge in [-0.25, -0.2) is 13.6 Å². The third-order valence-corrected chi connectivity index (χ3v) is 1.91. The van der Waals surface area contributed by atoms with Gasteiger partial charge in [-0.2, -0.15) is 0 Å². The Bertz CT molecular complexity index is 494. The summed E-state index contributed by atoms with van der Waals surface area (Å²) in [6.45, 7) is 0. The highest BCUT2D eigenvalue weighted by Crippen LogP contribution is 2.17. The van der Waals surface area contributed by atoms with Gasteiger partial charge >= 0.3 is 11.9 Å². The molecule has 1 aromatic rings. The van der Waals surface area contributed by atoms with Gasteiger partial charge in [0.25, 0.3) is 0 Å². The fourth-order valence-electron chi connectivity index (χ4n) is 1.17. The minimum atomic E-state index is -1.42. The molecule has 0 saturated heterocycles. The Labute approximate surface area is 94.8 Å². The molecule has 0 heterocycles. The van der Waals surface area contributed by atoms with Crippen molar-refractivity contribution in [3.05, 3.63) is 41.0 Å². The van der Waals surface area contributed by atoms with Crippen LogP contribution in [0.3, 0.4) is 0 Å². The third kappa shape index (κ3) is 3.37. The number of hydrogen-bond acceptors (Lipinski definition) is 2. The van der Waals surface area contributed by atoms with E-state index in [0.717, 1.165) is 12.2 Å². The molecule has 0 bridgehead atoms. The van der Waals surface area contributed by atoms with E-state index in [-0.39, 0.29) is 12.0 Å². The fraction of sp³-hybridized carbons (Fsp3) is 0.0909. The van der Waals surface area contributed by atoms with Crippen LogP contribution in [0.15, 0.2) is 18.2 Å². The molecule has 0 fully saturated rings. The van der Waals surface area contributed by atoms with E-state index in [1.165, 1.54) is 0 Å². The number of carbonyl (C=O) groups is 2. The van der Waals surface area contributed by atoms with Gasteiger partial charge < -0.3 is 10.2 Å². The standard InChI is InChI=1S/C11H8F2O4/c12-8-4-6(2-1-3-10(14)15)7(11(16)17)5-9(8)13/h1-2,4-5H,3H2,(H,14,15)(H,16,17). The second-order valence-corrected chi connectivity index (χ2v) is 3.16. The van der Waals surface area contributed by atoms with Crippen molar-refractivity contribution in [2.24, 2.45) is 0 Å². The van der Waals surface area contributed by atoms with Crippen molar-refractivity contribution in [1.29, 1.82) is 0 Å². The Morgan fingerprint density at radius 1 is 1.18 bits per heavy atom. The second kappa shape index (κ2) is 5.20. The summed E-state index contributed by atoms with van der Waals surface area (Å²) in [6, 6.07) is 1.26. The monoisotopic (exact) mass is 242 g/mol. The molecule has 17 heavy (non-hydrogen) atoms. The van der Waals surface area contributed by atoms with Crippen molar-refractivity contribution in [3.63, 3.8) is 0 Å². The Morgan fingerprint density at radius 3 is 2.29 bits per heavy atom. The normalized spacial score (nSPS) is 10.7. The summed E-state index contributed by atoms with van der Waals surface area (Å²) in [5, 5.41) is 17.1. The fourth-order valence-corrected chi connectivity index (χ4v) is 1.17. The molecule has 1 aromatic carbocycles. The van der Waals surface area contributed by atoms with E-state index in [1.807, 2.05) is 0 Å². The molecule has 6 heteroatoms. The average Bonchev–Trinajstić information content (AvgIpc) is 2.22.